The SMILES string of the molecule is CC(Cl)[SiH2]C(=CCCl)CCl. The third-order valence-corrected chi connectivity index (χ3v) is 3.98. The molecule has 4 heteroatoms. The molecule has 1 atom stereocenters. The van der Waals surface area contributed by atoms with E-state index in [9.17, 15) is 0 Å². The Morgan fingerprint density at radius 3 is 2.50 bits per heavy atom. The van der Waals surface area contributed by atoms with Crippen molar-refractivity contribution in [2.75, 3.05) is 11.8 Å². The van der Waals surface area contributed by atoms with Crippen molar-refractivity contribution in [3.63, 3.8) is 0 Å². The van der Waals surface area contributed by atoms with Crippen molar-refractivity contribution >= 4 is 44.3 Å². The standard InChI is InChI=1S/C6H11Cl3Si/c1-5(9)10-6(4-8)2-3-7/h2,5H,3-4,10H2,1H3. The maximum atomic E-state index is 5.81. The summed E-state index contributed by atoms with van der Waals surface area (Å²) >= 11 is 16.9. The Hall–Kier alpha value is 0.827. The third-order valence-electron chi connectivity index (χ3n) is 1.08. The Labute approximate surface area is 79.4 Å². The first kappa shape index (κ1) is 10.8. The molecule has 0 rings (SSSR count). The molecule has 0 aromatic carbocycles. The van der Waals surface area contributed by atoms with Gasteiger partial charge in [-0.1, -0.05) is 18.2 Å². The fraction of sp³-hybridized carbons (Fsp3) is 0.667. The molecular formula is C6H11Cl3Si. The van der Waals surface area contributed by atoms with Crippen LogP contribution in [0, 0.1) is 0 Å². The molecule has 0 aliphatic rings. The Kier molecular flexibility index (Phi) is 7.07. The number of alkyl halides is 3. The lowest BCUT2D eigenvalue weighted by atomic mass is 10.6. The lowest BCUT2D eigenvalue weighted by molar-refractivity contribution is 1.35. The smallest absolute Gasteiger partial charge is 0.0710 e. The van der Waals surface area contributed by atoms with Gasteiger partial charge >= 0.3 is 0 Å². The van der Waals surface area contributed by atoms with Crippen LogP contribution in [0.15, 0.2) is 11.3 Å². The van der Waals surface area contributed by atoms with Crippen molar-refractivity contribution < 1.29 is 0 Å². The number of hydrogen-bond acceptors (Lipinski definition) is 0. The van der Waals surface area contributed by atoms with E-state index >= 15 is 0 Å². The van der Waals surface area contributed by atoms with Crippen LogP contribution in [0.5, 0.6) is 0 Å². The maximum Gasteiger partial charge on any atom is 0.0710 e. The second-order valence-corrected chi connectivity index (χ2v) is 6.51. The zero-order valence-electron chi connectivity index (χ0n) is 5.91. The average Bonchev–Trinajstić information content (AvgIpc) is 1.86. The predicted molar refractivity (Wildman–Crippen MR) is 53.4 cm³/mol. The van der Waals surface area contributed by atoms with Crippen molar-refractivity contribution in [3.8, 4) is 0 Å². The van der Waals surface area contributed by atoms with Gasteiger partial charge in [-0.3, -0.25) is 0 Å². The summed E-state index contributed by atoms with van der Waals surface area (Å²) in [6, 6.07) is 0. The molecule has 0 aliphatic heterocycles. The fourth-order valence-corrected chi connectivity index (χ4v) is 3.24. The van der Waals surface area contributed by atoms with Crippen molar-refractivity contribution in [1.29, 1.82) is 0 Å². The van der Waals surface area contributed by atoms with E-state index in [-0.39, 0.29) is 14.5 Å². The van der Waals surface area contributed by atoms with E-state index in [0.717, 1.165) is 0 Å². The molecule has 1 unspecified atom stereocenters. The van der Waals surface area contributed by atoms with Gasteiger partial charge in [0.15, 0.2) is 0 Å². The lowest BCUT2D eigenvalue weighted by Gasteiger charge is -2.02. The molecular weight excluding hydrogens is 207 g/mol. The first-order valence-corrected chi connectivity index (χ1v) is 6.17. The van der Waals surface area contributed by atoms with Crippen LogP contribution in [0.3, 0.4) is 0 Å². The normalized spacial score (nSPS) is 16.6. The molecule has 0 radical (unpaired) electrons. The van der Waals surface area contributed by atoms with E-state index in [1.165, 1.54) is 5.20 Å². The molecule has 60 valence electrons. The minimum Gasteiger partial charge on any atom is -0.127 e. The summed E-state index contributed by atoms with van der Waals surface area (Å²) in [6.45, 7) is 2.00. The largest absolute Gasteiger partial charge is 0.127 e. The monoisotopic (exact) mass is 216 g/mol. The topological polar surface area (TPSA) is 0 Å². The van der Waals surface area contributed by atoms with Crippen LogP contribution in [0.25, 0.3) is 0 Å². The number of allylic oxidation sites excluding steroid dienone is 2. The van der Waals surface area contributed by atoms with Gasteiger partial charge in [0.05, 0.1) is 9.52 Å². The minimum absolute atomic E-state index is 0.285. The maximum absolute atomic E-state index is 5.81. The van der Waals surface area contributed by atoms with Crippen LogP contribution in [-0.4, -0.2) is 26.3 Å². The van der Waals surface area contributed by atoms with Crippen LogP contribution in [0.4, 0.5) is 0 Å². The van der Waals surface area contributed by atoms with Crippen molar-refractivity contribution in [1.82, 2.24) is 0 Å². The average molecular weight is 218 g/mol. The van der Waals surface area contributed by atoms with Gasteiger partial charge in [-0.15, -0.1) is 34.8 Å². The fourth-order valence-electron chi connectivity index (χ4n) is 0.663. The predicted octanol–water partition coefficient (Wildman–Crippen LogP) is 2.10. The van der Waals surface area contributed by atoms with E-state index in [2.05, 4.69) is 0 Å². The molecule has 0 N–H and O–H groups in total. The van der Waals surface area contributed by atoms with Crippen LogP contribution in [0.1, 0.15) is 6.92 Å². The molecule has 0 heterocycles. The van der Waals surface area contributed by atoms with Gasteiger partial charge in [-0.2, -0.15) is 0 Å². The van der Waals surface area contributed by atoms with Crippen molar-refractivity contribution in [2.24, 2.45) is 0 Å². The summed E-state index contributed by atoms with van der Waals surface area (Å²) in [5.74, 6) is 1.15. The number of rotatable bonds is 4. The highest BCUT2D eigenvalue weighted by Gasteiger charge is 2.01. The van der Waals surface area contributed by atoms with E-state index in [0.29, 0.717) is 11.8 Å². The molecule has 0 amide bonds. The second kappa shape index (κ2) is 6.53. The molecule has 0 aromatic heterocycles. The van der Waals surface area contributed by atoms with Gasteiger partial charge in [-0.05, 0) is 0 Å². The molecule has 0 saturated heterocycles. The summed E-state index contributed by atoms with van der Waals surface area (Å²) in [6.07, 6.45) is 1.97. The summed E-state index contributed by atoms with van der Waals surface area (Å²) in [5.41, 5.74) is 0. The highest BCUT2D eigenvalue weighted by molar-refractivity contribution is 6.60. The lowest BCUT2D eigenvalue weighted by Crippen LogP contribution is -2.09. The summed E-state index contributed by atoms with van der Waals surface area (Å²) in [4.78, 5) is 0. The van der Waals surface area contributed by atoms with Crippen LogP contribution < -0.4 is 0 Å². The van der Waals surface area contributed by atoms with E-state index in [1.807, 2.05) is 13.0 Å². The molecule has 0 fully saturated rings. The molecule has 0 nitrogen and oxygen atoms in total. The van der Waals surface area contributed by atoms with Gasteiger partial charge < -0.3 is 0 Å². The van der Waals surface area contributed by atoms with E-state index in [1.54, 1.807) is 0 Å². The van der Waals surface area contributed by atoms with Gasteiger partial charge in [0.1, 0.15) is 0 Å². The van der Waals surface area contributed by atoms with Crippen LogP contribution in [-0.2, 0) is 0 Å². The molecule has 0 saturated carbocycles. The molecule has 10 heavy (non-hydrogen) atoms. The zero-order valence-corrected chi connectivity index (χ0v) is 9.59. The molecule has 0 spiro atoms. The van der Waals surface area contributed by atoms with Gasteiger partial charge in [-0.25, -0.2) is 0 Å². The van der Waals surface area contributed by atoms with Crippen molar-refractivity contribution in [3.05, 3.63) is 11.3 Å². The van der Waals surface area contributed by atoms with Gasteiger partial charge in [0, 0.05) is 16.8 Å². The van der Waals surface area contributed by atoms with Crippen molar-refractivity contribution in [2.45, 2.75) is 11.9 Å². The van der Waals surface area contributed by atoms with Gasteiger partial charge in [0.25, 0.3) is 0 Å². The Morgan fingerprint density at radius 2 is 2.20 bits per heavy atom. The first-order chi connectivity index (χ1) is 4.70. The van der Waals surface area contributed by atoms with E-state index in [4.69, 9.17) is 34.8 Å². The Bertz CT molecular complexity index is 112. The minimum atomic E-state index is -0.341. The summed E-state index contributed by atoms with van der Waals surface area (Å²) in [5, 5.41) is 1.55. The van der Waals surface area contributed by atoms with E-state index < -0.39 is 0 Å². The van der Waals surface area contributed by atoms with Crippen LogP contribution in [0.2, 0.25) is 0 Å². The first-order valence-electron chi connectivity index (χ1n) is 3.14. The summed E-state index contributed by atoms with van der Waals surface area (Å²) < 4.78 is 0. The zero-order chi connectivity index (χ0) is 7.98. The third kappa shape index (κ3) is 5.60. The second-order valence-electron chi connectivity index (χ2n) is 2.14. The number of halogens is 3. The summed E-state index contributed by atoms with van der Waals surface area (Å²) in [7, 11) is -0.341. The van der Waals surface area contributed by atoms with Gasteiger partial charge in [0.2, 0.25) is 0 Å². The highest BCUT2D eigenvalue weighted by atomic mass is 35.5. The quantitative estimate of drug-likeness (QED) is 0.500. The highest BCUT2D eigenvalue weighted by Crippen LogP contribution is 2.02. The number of hydrogen-bond donors (Lipinski definition) is 0. The molecule has 0 aromatic rings. The Morgan fingerprint density at radius 1 is 1.60 bits per heavy atom. The molecule has 0 bridgehead atoms. The molecule has 0 aliphatic carbocycles. The van der Waals surface area contributed by atoms with Crippen LogP contribution >= 0.6 is 34.8 Å². The Balaban J connectivity index is 3.71.